The molecule has 19 heavy (non-hydrogen) atoms. The van der Waals surface area contributed by atoms with Crippen LogP contribution in [0.2, 0.25) is 0 Å². The molecule has 3 N–H and O–H groups in total. The van der Waals surface area contributed by atoms with Gasteiger partial charge in [0.15, 0.2) is 5.96 Å². The van der Waals surface area contributed by atoms with E-state index in [9.17, 15) is 0 Å². The zero-order valence-corrected chi connectivity index (χ0v) is 14.6. The second-order valence-corrected chi connectivity index (χ2v) is 5.30. The van der Waals surface area contributed by atoms with E-state index in [4.69, 9.17) is 15.2 Å². The molecule has 1 atom stereocenters. The average molecular weight is 385 g/mol. The molecule has 1 aliphatic carbocycles. The lowest BCUT2D eigenvalue weighted by Crippen LogP contribution is -2.42. The molecule has 6 heteroatoms. The number of ether oxygens (including phenoxy) is 2. The van der Waals surface area contributed by atoms with E-state index in [0.29, 0.717) is 18.0 Å². The summed E-state index contributed by atoms with van der Waals surface area (Å²) < 4.78 is 10.2. The summed E-state index contributed by atoms with van der Waals surface area (Å²) in [5, 5.41) is 3.13. The van der Waals surface area contributed by atoms with E-state index in [1.54, 1.807) is 14.2 Å². The SMILES string of the molecule is COCCC1(CN=C(N)NC(C)COC)CCC1.I. The Balaban J connectivity index is 0.00000324. The molecule has 114 valence electrons. The number of nitrogens with one attached hydrogen (secondary N) is 1. The van der Waals surface area contributed by atoms with Crippen molar-refractivity contribution in [3.63, 3.8) is 0 Å². The van der Waals surface area contributed by atoms with Gasteiger partial charge < -0.3 is 20.5 Å². The van der Waals surface area contributed by atoms with Gasteiger partial charge in [-0.15, -0.1) is 24.0 Å². The second-order valence-electron chi connectivity index (χ2n) is 5.30. The van der Waals surface area contributed by atoms with Crippen molar-refractivity contribution in [2.24, 2.45) is 16.1 Å². The molecule has 0 aromatic carbocycles. The molecule has 1 aliphatic rings. The number of hydrogen-bond donors (Lipinski definition) is 2. The van der Waals surface area contributed by atoms with Crippen molar-refractivity contribution in [1.82, 2.24) is 5.32 Å². The molecule has 0 bridgehead atoms. The van der Waals surface area contributed by atoms with Crippen molar-refractivity contribution in [3.8, 4) is 0 Å². The van der Waals surface area contributed by atoms with Gasteiger partial charge in [-0.2, -0.15) is 0 Å². The van der Waals surface area contributed by atoms with Gasteiger partial charge in [0, 0.05) is 33.4 Å². The van der Waals surface area contributed by atoms with Gasteiger partial charge in [0.25, 0.3) is 0 Å². The zero-order chi connectivity index (χ0) is 13.4. The Hall–Kier alpha value is -0.0800. The van der Waals surface area contributed by atoms with E-state index in [0.717, 1.165) is 19.6 Å². The van der Waals surface area contributed by atoms with Gasteiger partial charge in [-0.1, -0.05) is 6.42 Å². The Labute approximate surface area is 133 Å². The Kier molecular flexibility index (Phi) is 9.72. The Morgan fingerprint density at radius 1 is 1.37 bits per heavy atom. The minimum atomic E-state index is 0. The second kappa shape index (κ2) is 9.77. The number of nitrogens with zero attached hydrogens (tertiary/aromatic N) is 1. The first-order valence-electron chi connectivity index (χ1n) is 6.66. The molecule has 1 rings (SSSR count). The third kappa shape index (κ3) is 6.76. The summed E-state index contributed by atoms with van der Waals surface area (Å²) in [4.78, 5) is 4.47. The molecule has 0 aromatic heterocycles. The van der Waals surface area contributed by atoms with Gasteiger partial charge in [0.05, 0.1) is 6.61 Å². The van der Waals surface area contributed by atoms with Crippen molar-refractivity contribution < 1.29 is 9.47 Å². The van der Waals surface area contributed by atoms with Gasteiger partial charge in [-0.05, 0) is 31.6 Å². The van der Waals surface area contributed by atoms with Gasteiger partial charge >= 0.3 is 0 Å². The fourth-order valence-corrected chi connectivity index (χ4v) is 2.33. The molecule has 1 saturated carbocycles. The van der Waals surface area contributed by atoms with Crippen molar-refractivity contribution >= 4 is 29.9 Å². The van der Waals surface area contributed by atoms with E-state index in [1.807, 2.05) is 6.92 Å². The van der Waals surface area contributed by atoms with Crippen LogP contribution in [0.15, 0.2) is 4.99 Å². The minimum Gasteiger partial charge on any atom is -0.385 e. The highest BCUT2D eigenvalue weighted by Crippen LogP contribution is 2.44. The Morgan fingerprint density at radius 2 is 2.05 bits per heavy atom. The average Bonchev–Trinajstić information content (AvgIpc) is 2.27. The minimum absolute atomic E-state index is 0. The lowest BCUT2D eigenvalue weighted by Gasteiger charge is -2.40. The first kappa shape index (κ1) is 18.9. The number of nitrogens with two attached hydrogens (primary N) is 1. The van der Waals surface area contributed by atoms with E-state index in [2.05, 4.69) is 10.3 Å². The summed E-state index contributed by atoms with van der Waals surface area (Å²) in [5.74, 6) is 0.517. The number of aliphatic imine (C=N–C) groups is 1. The highest BCUT2D eigenvalue weighted by molar-refractivity contribution is 14.0. The summed E-state index contributed by atoms with van der Waals surface area (Å²) in [7, 11) is 3.43. The predicted molar refractivity (Wildman–Crippen MR) is 89.2 cm³/mol. The molecule has 0 aliphatic heterocycles. The van der Waals surface area contributed by atoms with Crippen molar-refractivity contribution in [2.75, 3.05) is 34.0 Å². The lowest BCUT2D eigenvalue weighted by molar-refractivity contribution is 0.0778. The molecule has 0 saturated heterocycles. The van der Waals surface area contributed by atoms with Crippen LogP contribution in [0.3, 0.4) is 0 Å². The number of rotatable bonds is 8. The van der Waals surface area contributed by atoms with E-state index in [1.165, 1.54) is 19.3 Å². The third-order valence-corrected chi connectivity index (χ3v) is 3.65. The molecule has 0 radical (unpaired) electrons. The van der Waals surface area contributed by atoms with Crippen LogP contribution >= 0.6 is 24.0 Å². The van der Waals surface area contributed by atoms with Crippen molar-refractivity contribution in [1.29, 1.82) is 0 Å². The van der Waals surface area contributed by atoms with Crippen molar-refractivity contribution in [2.45, 2.75) is 38.6 Å². The molecular weight excluding hydrogens is 357 g/mol. The molecule has 1 fully saturated rings. The topological polar surface area (TPSA) is 68.9 Å². The Bertz CT molecular complexity index is 271. The van der Waals surface area contributed by atoms with Gasteiger partial charge in [-0.3, -0.25) is 4.99 Å². The molecule has 0 amide bonds. The van der Waals surface area contributed by atoms with Crippen LogP contribution in [0.4, 0.5) is 0 Å². The fourth-order valence-electron chi connectivity index (χ4n) is 2.33. The van der Waals surface area contributed by atoms with Gasteiger partial charge in [-0.25, -0.2) is 0 Å². The van der Waals surface area contributed by atoms with Crippen LogP contribution in [0.1, 0.15) is 32.6 Å². The first-order chi connectivity index (χ1) is 8.62. The highest BCUT2D eigenvalue weighted by atomic mass is 127. The molecule has 0 heterocycles. The number of methoxy groups -OCH3 is 2. The molecule has 0 aromatic rings. The monoisotopic (exact) mass is 385 g/mol. The highest BCUT2D eigenvalue weighted by Gasteiger charge is 2.36. The third-order valence-electron chi connectivity index (χ3n) is 3.65. The summed E-state index contributed by atoms with van der Waals surface area (Å²) >= 11 is 0. The summed E-state index contributed by atoms with van der Waals surface area (Å²) in [6, 6.07) is 0.190. The number of halogens is 1. The van der Waals surface area contributed by atoms with E-state index >= 15 is 0 Å². The lowest BCUT2D eigenvalue weighted by atomic mass is 9.67. The van der Waals surface area contributed by atoms with Gasteiger partial charge in [0.1, 0.15) is 0 Å². The van der Waals surface area contributed by atoms with Crippen LogP contribution < -0.4 is 11.1 Å². The van der Waals surface area contributed by atoms with Crippen LogP contribution in [0.25, 0.3) is 0 Å². The molecule has 1 unspecified atom stereocenters. The largest absolute Gasteiger partial charge is 0.385 e. The molecular formula is C13H28IN3O2. The summed E-state index contributed by atoms with van der Waals surface area (Å²) in [6.07, 6.45) is 4.85. The number of hydrogen-bond acceptors (Lipinski definition) is 3. The fraction of sp³-hybridized carbons (Fsp3) is 0.923. The first-order valence-corrected chi connectivity index (χ1v) is 6.66. The molecule has 5 nitrogen and oxygen atoms in total. The summed E-state index contributed by atoms with van der Waals surface area (Å²) in [6.45, 7) is 4.26. The predicted octanol–water partition coefficient (Wildman–Crippen LogP) is 1.75. The molecule has 0 spiro atoms. The van der Waals surface area contributed by atoms with Crippen LogP contribution in [-0.4, -0.2) is 46.0 Å². The Morgan fingerprint density at radius 3 is 2.53 bits per heavy atom. The van der Waals surface area contributed by atoms with E-state index in [-0.39, 0.29) is 30.0 Å². The quantitative estimate of drug-likeness (QED) is 0.380. The zero-order valence-electron chi connectivity index (χ0n) is 12.3. The maximum atomic E-state index is 5.87. The smallest absolute Gasteiger partial charge is 0.188 e. The van der Waals surface area contributed by atoms with Crippen LogP contribution in [0, 0.1) is 5.41 Å². The van der Waals surface area contributed by atoms with Crippen LogP contribution in [0.5, 0.6) is 0 Å². The summed E-state index contributed by atoms with van der Waals surface area (Å²) in [5.41, 5.74) is 6.20. The number of guanidine groups is 1. The maximum Gasteiger partial charge on any atom is 0.188 e. The normalized spacial score (nSPS) is 19.2. The standard InChI is InChI=1S/C13H27N3O2.HI/c1-11(9-18-3)16-12(14)15-10-13(5-4-6-13)7-8-17-2;/h11H,4-10H2,1-3H3,(H3,14,15,16);1H. The van der Waals surface area contributed by atoms with E-state index < -0.39 is 0 Å². The van der Waals surface area contributed by atoms with Crippen LogP contribution in [-0.2, 0) is 9.47 Å². The van der Waals surface area contributed by atoms with Gasteiger partial charge in [0.2, 0.25) is 0 Å². The maximum absolute atomic E-state index is 5.87. The van der Waals surface area contributed by atoms with Crippen molar-refractivity contribution in [3.05, 3.63) is 0 Å².